The molecule has 4 rings (SSSR count). The van der Waals surface area contributed by atoms with Crippen LogP contribution in [0.2, 0.25) is 0 Å². The molecule has 0 aromatic carbocycles. The minimum atomic E-state index is -1.28. The molecule has 5 N–H and O–H groups in total. The molecule has 3 atom stereocenters. The van der Waals surface area contributed by atoms with E-state index in [9.17, 15) is 29.5 Å². The number of amides is 4. The van der Waals surface area contributed by atoms with Crippen LogP contribution in [0.5, 0.6) is 0 Å². The van der Waals surface area contributed by atoms with E-state index in [0.717, 1.165) is 16.7 Å². The highest BCUT2D eigenvalue weighted by Crippen LogP contribution is 2.42. The van der Waals surface area contributed by atoms with Crippen molar-refractivity contribution in [3.8, 4) is 0 Å². The molecule has 16 heteroatoms. The average Bonchev–Trinajstić information content (AvgIpc) is 3.34. The fourth-order valence-corrected chi connectivity index (χ4v) is 7.32. The van der Waals surface area contributed by atoms with Gasteiger partial charge in [0.15, 0.2) is 0 Å². The van der Waals surface area contributed by atoms with Gasteiger partial charge in [-0.15, -0.1) is 23.1 Å². The Morgan fingerprint density at radius 2 is 2.20 bits per heavy atom. The van der Waals surface area contributed by atoms with Gasteiger partial charge >= 0.3 is 12.0 Å². The first-order valence-corrected chi connectivity index (χ1v) is 13.6. The third kappa shape index (κ3) is 5.10. The summed E-state index contributed by atoms with van der Waals surface area (Å²) < 4.78 is 0.513. The first-order valence-electron chi connectivity index (χ1n) is 9.86. The predicted molar refractivity (Wildman–Crippen MR) is 131 cm³/mol. The Hall–Kier alpha value is -2.82. The van der Waals surface area contributed by atoms with Crippen LogP contribution in [0.1, 0.15) is 10.9 Å². The van der Waals surface area contributed by atoms with Crippen molar-refractivity contribution in [3.63, 3.8) is 0 Å². The summed E-state index contributed by atoms with van der Waals surface area (Å²) in [6, 6.07) is 2.00. The normalized spacial score (nSPS) is 20.0. The van der Waals surface area contributed by atoms with E-state index < -0.39 is 41.3 Å². The zero-order chi connectivity index (χ0) is 25.3. The lowest BCUT2D eigenvalue weighted by Gasteiger charge is -2.49. The highest BCUT2D eigenvalue weighted by molar-refractivity contribution is 9.10. The minimum absolute atomic E-state index is 0.150. The summed E-state index contributed by atoms with van der Waals surface area (Å²) in [7, 11) is 0. The highest BCUT2D eigenvalue weighted by Gasteiger charge is 2.54. The van der Waals surface area contributed by atoms with E-state index in [0.29, 0.717) is 19.8 Å². The molecule has 12 nitrogen and oxygen atoms in total. The van der Waals surface area contributed by atoms with Crippen LogP contribution in [0.25, 0.3) is 0 Å². The fraction of sp³-hybridized carbons (Fsp3) is 0.263. The van der Waals surface area contributed by atoms with Crippen LogP contribution >= 0.6 is 50.8 Å². The molecule has 0 aliphatic carbocycles. The van der Waals surface area contributed by atoms with Gasteiger partial charge in [-0.2, -0.15) is 0 Å². The van der Waals surface area contributed by atoms with Gasteiger partial charge in [0.05, 0.1) is 6.20 Å². The van der Waals surface area contributed by atoms with E-state index in [2.05, 4.69) is 31.7 Å². The molecule has 1 fully saturated rings. The summed E-state index contributed by atoms with van der Waals surface area (Å²) in [5.41, 5.74) is 5.49. The molecule has 184 valence electrons. The fourth-order valence-electron chi connectivity index (χ4n) is 3.55. The van der Waals surface area contributed by atoms with Crippen LogP contribution in [0.15, 0.2) is 50.5 Å². The Morgan fingerprint density at radius 3 is 2.83 bits per heavy atom. The van der Waals surface area contributed by atoms with Crippen molar-refractivity contribution in [1.82, 2.24) is 20.6 Å². The van der Waals surface area contributed by atoms with E-state index >= 15 is 0 Å². The number of hydrogen-bond acceptors (Lipinski definition) is 9. The third-order valence-corrected chi connectivity index (χ3v) is 9.40. The molecular weight excluding hydrogens is 584 g/mol. The Kier molecular flexibility index (Phi) is 7.53. The van der Waals surface area contributed by atoms with Gasteiger partial charge in [-0.3, -0.25) is 14.5 Å². The number of carboxylic acids is 1. The Balaban J connectivity index is 1.50. The molecule has 2 aromatic heterocycles. The summed E-state index contributed by atoms with van der Waals surface area (Å²) in [6.45, 7) is 0. The van der Waals surface area contributed by atoms with Crippen LogP contribution in [0.4, 0.5) is 4.79 Å². The number of carboxylic acid groups (broad SMARTS) is 1. The lowest BCUT2D eigenvalue weighted by Crippen LogP contribution is -2.71. The number of carbonyl (C=O) groups is 4. The molecule has 35 heavy (non-hydrogen) atoms. The Bertz CT molecular complexity index is 1210. The maximum Gasteiger partial charge on any atom is 0.352 e. The lowest BCUT2D eigenvalue weighted by atomic mass is 10.0. The van der Waals surface area contributed by atoms with Crippen LogP contribution in [0.3, 0.4) is 0 Å². The van der Waals surface area contributed by atoms with Crippen molar-refractivity contribution in [1.29, 1.82) is 0 Å². The monoisotopic (exact) mass is 600 g/mol. The molecule has 0 bridgehead atoms. The molecule has 2 aliphatic rings. The molecule has 0 spiro atoms. The molecular formula is C19H17BrN6O6S3. The zero-order valence-electron chi connectivity index (χ0n) is 17.5. The molecule has 2 unspecified atom stereocenters. The second-order valence-corrected chi connectivity index (χ2v) is 11.2. The largest absolute Gasteiger partial charge is 0.593 e. The van der Waals surface area contributed by atoms with Gasteiger partial charge in [0, 0.05) is 21.5 Å². The summed E-state index contributed by atoms with van der Waals surface area (Å²) in [5, 5.41) is 31.7. The number of fused-ring (bicyclic) bond motifs is 1. The number of aromatic nitrogens is 2. The minimum Gasteiger partial charge on any atom is -0.593 e. The number of aliphatic carboxylic acids is 1. The number of rotatable bonds is 8. The number of β-lactam (4-membered cyclic amide) rings is 1. The number of primary amides is 1. The van der Waals surface area contributed by atoms with Crippen molar-refractivity contribution in [2.75, 3.05) is 11.5 Å². The van der Waals surface area contributed by atoms with Gasteiger partial charge in [-0.1, -0.05) is 6.07 Å². The predicted octanol–water partition coefficient (Wildman–Crippen LogP) is 0.779. The summed E-state index contributed by atoms with van der Waals surface area (Å²) in [6.07, 6.45) is 1.33. The molecule has 1 saturated heterocycles. The molecule has 0 saturated carbocycles. The van der Waals surface area contributed by atoms with Crippen molar-refractivity contribution in [2.24, 2.45) is 5.73 Å². The Labute approximate surface area is 219 Å². The zero-order valence-corrected chi connectivity index (χ0v) is 21.6. The van der Waals surface area contributed by atoms with E-state index in [4.69, 9.17) is 5.73 Å². The van der Waals surface area contributed by atoms with Gasteiger partial charge in [-0.05, 0) is 55.6 Å². The lowest BCUT2D eigenvalue weighted by molar-refractivity contribution is -0.707. The molecule has 2 aliphatic heterocycles. The van der Waals surface area contributed by atoms with Gasteiger partial charge in [0.1, 0.15) is 27.6 Å². The number of urea groups is 1. The second kappa shape index (κ2) is 10.4. The molecule has 4 heterocycles. The van der Waals surface area contributed by atoms with Gasteiger partial charge in [0.25, 0.3) is 10.9 Å². The van der Waals surface area contributed by atoms with E-state index in [-0.39, 0.29) is 22.2 Å². The molecule has 4 amide bonds. The number of nitrogens with one attached hydrogen (secondary N) is 2. The Morgan fingerprint density at radius 1 is 1.43 bits per heavy atom. The SMILES string of the molecule is NC(=O)NC(C(=O)N[C@H]1C(=O)N2C(C(=O)O)=C(CSc3c(Br)ccn[n+]3[O-])CSC12)c1cccs1. The number of thiophene rings is 1. The molecule has 0 radical (unpaired) electrons. The summed E-state index contributed by atoms with van der Waals surface area (Å²) in [5.74, 6) is -2.07. The maximum atomic E-state index is 12.9. The number of halogens is 1. The van der Waals surface area contributed by atoms with Crippen molar-refractivity contribution in [3.05, 3.63) is 55.6 Å². The number of nitrogens with zero attached hydrogens (tertiary/aromatic N) is 3. The van der Waals surface area contributed by atoms with E-state index in [1.165, 1.54) is 29.3 Å². The summed E-state index contributed by atoms with van der Waals surface area (Å²) >= 11 is 6.90. The number of nitrogens with two attached hydrogens (primary N) is 1. The number of thioether (sulfide) groups is 2. The van der Waals surface area contributed by atoms with E-state index in [1.54, 1.807) is 23.6 Å². The van der Waals surface area contributed by atoms with Gasteiger partial charge < -0.3 is 26.7 Å². The first-order chi connectivity index (χ1) is 16.7. The third-order valence-electron chi connectivity index (χ3n) is 5.08. The van der Waals surface area contributed by atoms with E-state index in [1.807, 2.05) is 0 Å². The second-order valence-electron chi connectivity index (χ2n) is 7.26. The maximum absolute atomic E-state index is 12.9. The average molecular weight is 601 g/mol. The van der Waals surface area contributed by atoms with Crippen molar-refractivity contribution < 1.29 is 29.1 Å². The van der Waals surface area contributed by atoms with Crippen molar-refractivity contribution >= 4 is 74.6 Å². The number of hydrogen-bond donors (Lipinski definition) is 4. The summed E-state index contributed by atoms with van der Waals surface area (Å²) in [4.78, 5) is 51.3. The van der Waals surface area contributed by atoms with Crippen molar-refractivity contribution in [2.45, 2.75) is 22.5 Å². The van der Waals surface area contributed by atoms with Crippen LogP contribution in [-0.4, -0.2) is 61.8 Å². The van der Waals surface area contributed by atoms with Crippen LogP contribution in [0, 0.1) is 5.21 Å². The van der Waals surface area contributed by atoms with Gasteiger partial charge in [0.2, 0.25) is 5.91 Å². The smallest absolute Gasteiger partial charge is 0.352 e. The number of carbonyl (C=O) groups excluding carboxylic acids is 3. The first kappa shape index (κ1) is 25.3. The van der Waals surface area contributed by atoms with Crippen LogP contribution < -0.4 is 21.2 Å². The topological polar surface area (TPSA) is 182 Å². The quantitative estimate of drug-likeness (QED) is 0.147. The standard InChI is InChI=1S/C19H17BrN6O6S3/c20-9-3-4-22-26(32)16(9)34-6-8-7-35-17-12(15(28)25(17)13(8)18(29)30)23-14(27)11(24-19(21)31)10-2-1-5-33-10/h1-5,11-12,17H,6-7H2,(H,23,27)(H,29,30)(H3,21,24,31)/t11?,12-,17?/m0/s1. The molecule has 2 aromatic rings. The van der Waals surface area contributed by atoms with Crippen LogP contribution in [-0.2, 0) is 14.4 Å². The highest BCUT2D eigenvalue weighted by atomic mass is 79.9. The van der Waals surface area contributed by atoms with Gasteiger partial charge in [-0.25, -0.2) is 9.59 Å².